The van der Waals surface area contributed by atoms with Crippen molar-refractivity contribution >= 4 is 19.7 Å². The number of nitrogens with one attached hydrogen (secondary N) is 1. The molecule has 0 aromatic rings. The van der Waals surface area contributed by atoms with Gasteiger partial charge in [-0.1, -0.05) is 276 Å². The third-order valence-electron chi connectivity index (χ3n) is 14.5. The number of hydrogen-bond donors (Lipinski definition) is 1. The van der Waals surface area contributed by atoms with Crippen LogP contribution in [0, 0.1) is 0 Å². The number of unbranched alkanes of at least 4 members (excludes halogenated alkanes) is 23. The predicted octanol–water partition coefficient (Wildman–Crippen LogP) is 21.5. The lowest BCUT2D eigenvalue weighted by Crippen LogP contribution is -2.47. The first-order valence-corrected chi connectivity index (χ1v) is 36.1. The van der Waals surface area contributed by atoms with Gasteiger partial charge < -0.3 is 28.5 Å². The Kier molecular flexibility index (Phi) is 60.8. The summed E-state index contributed by atoms with van der Waals surface area (Å²) in [6, 6.07) is -0.917. The summed E-state index contributed by atoms with van der Waals surface area (Å²) in [7, 11) is 1.14. The minimum Gasteiger partial charge on any atom is -0.756 e. The third-order valence-corrected chi connectivity index (χ3v) is 15.5. The number of amides is 1. The van der Waals surface area contributed by atoms with Crippen molar-refractivity contribution < 1.29 is 37.3 Å². The van der Waals surface area contributed by atoms with E-state index < -0.39 is 26.6 Å². The summed E-state index contributed by atoms with van der Waals surface area (Å²) in [5, 5.41) is 3.02. The number of nitrogens with zero attached hydrogens (tertiary/aromatic N) is 1. The van der Waals surface area contributed by atoms with Gasteiger partial charge in [-0.15, -0.1) is 0 Å². The van der Waals surface area contributed by atoms with Crippen LogP contribution in [-0.2, 0) is 27.9 Å². The Bertz CT molecular complexity index is 1980. The van der Waals surface area contributed by atoms with Crippen molar-refractivity contribution in [3.8, 4) is 0 Å². The molecule has 0 bridgehead atoms. The average molecular weight is 1210 g/mol. The maximum Gasteiger partial charge on any atom is 0.306 e. The van der Waals surface area contributed by atoms with Crippen LogP contribution in [0.2, 0.25) is 0 Å². The Balaban J connectivity index is 5.19. The molecule has 0 saturated carbocycles. The maximum absolute atomic E-state index is 13.6. The molecule has 86 heavy (non-hydrogen) atoms. The van der Waals surface area contributed by atoms with Crippen LogP contribution in [0.1, 0.15) is 271 Å². The second kappa shape index (κ2) is 63.9. The lowest BCUT2D eigenvalue weighted by atomic mass is 10.0. The molecule has 0 fully saturated rings. The molecule has 490 valence electrons. The molecule has 0 aromatic carbocycles. The topological polar surface area (TPSA) is 114 Å². The molecule has 1 amide bonds. The number of phosphoric ester groups is 1. The largest absolute Gasteiger partial charge is 0.756 e. The van der Waals surface area contributed by atoms with Crippen molar-refractivity contribution in [2.24, 2.45) is 0 Å². The normalized spacial score (nSPS) is 14.5. The van der Waals surface area contributed by atoms with Gasteiger partial charge in [0.25, 0.3) is 7.82 Å². The third kappa shape index (κ3) is 64.4. The molecule has 0 heterocycles. The number of likely N-dealkylation sites (N-methyl/N-ethyl adjacent to an activating group) is 1. The van der Waals surface area contributed by atoms with Gasteiger partial charge in [-0.05, 0) is 128 Å². The molecule has 0 aliphatic rings. The standard InChI is InChI=1S/C76H129N2O7P/c1-7-10-13-16-19-22-25-28-30-32-34-36-38-39-41-43-45-47-49-51-54-57-60-63-66-69-76(80)85-74(67-64-61-58-55-52-27-24-21-18-15-12-9-3)73(72-84-86(81,82)83-71-70-78(4,5)6)77-75(79)68-65-62-59-56-53-50-48-46-44-42-40-37-35-33-31-29-26-23-20-17-14-11-8-2/h10-11,13-14,19-20,22-23,28-31,34-37,39,41-42,44,48,50,64,67,73-74H,7-9,12,15-18,21,24-27,32-33,38,40,43,45-47,49,51-63,65-66,68-72H2,1-6H3,(H-,77,79,81,82)/b13-10-,14-11-,22-19-,23-20-,30-28-,31-29-,36-34-,37-35-,41-39-,44-42-,50-48-,67-64+. The lowest BCUT2D eigenvalue weighted by Gasteiger charge is -2.30. The van der Waals surface area contributed by atoms with Gasteiger partial charge in [0.05, 0.1) is 33.8 Å². The van der Waals surface area contributed by atoms with E-state index in [1.165, 1.54) is 83.5 Å². The van der Waals surface area contributed by atoms with Gasteiger partial charge in [0.2, 0.25) is 5.91 Å². The van der Waals surface area contributed by atoms with Gasteiger partial charge in [-0.3, -0.25) is 14.2 Å². The van der Waals surface area contributed by atoms with E-state index in [0.717, 1.165) is 141 Å². The zero-order chi connectivity index (χ0) is 62.8. The number of hydrogen-bond acceptors (Lipinski definition) is 7. The van der Waals surface area contributed by atoms with Crippen molar-refractivity contribution in [2.75, 3.05) is 40.9 Å². The highest BCUT2D eigenvalue weighted by Gasteiger charge is 2.27. The number of carbonyl (C=O) groups excluding carboxylic acids is 2. The summed E-state index contributed by atoms with van der Waals surface area (Å²) >= 11 is 0. The molecular weight excluding hydrogens is 1080 g/mol. The van der Waals surface area contributed by atoms with Gasteiger partial charge in [-0.25, -0.2) is 0 Å². The van der Waals surface area contributed by atoms with Crippen LogP contribution in [0.3, 0.4) is 0 Å². The molecule has 0 spiro atoms. The minimum absolute atomic E-state index is 0.0367. The monoisotopic (exact) mass is 1210 g/mol. The van der Waals surface area contributed by atoms with Crippen LogP contribution in [0.15, 0.2) is 146 Å². The van der Waals surface area contributed by atoms with E-state index in [1.54, 1.807) is 0 Å². The summed E-state index contributed by atoms with van der Waals surface area (Å²) in [6.45, 7) is 6.58. The number of allylic oxidation sites excluding steroid dienone is 23. The van der Waals surface area contributed by atoms with E-state index >= 15 is 0 Å². The summed E-state index contributed by atoms with van der Waals surface area (Å²) in [6.07, 6.45) is 92.5. The Morgan fingerprint density at radius 1 is 0.419 bits per heavy atom. The van der Waals surface area contributed by atoms with E-state index in [4.69, 9.17) is 13.8 Å². The summed E-state index contributed by atoms with van der Waals surface area (Å²) in [5.41, 5.74) is 0. The molecule has 10 heteroatoms. The molecule has 3 atom stereocenters. The van der Waals surface area contributed by atoms with Crippen LogP contribution in [0.4, 0.5) is 0 Å². The van der Waals surface area contributed by atoms with Crippen molar-refractivity contribution in [3.63, 3.8) is 0 Å². The fourth-order valence-corrected chi connectivity index (χ4v) is 9.98. The van der Waals surface area contributed by atoms with Gasteiger partial charge in [-0.2, -0.15) is 0 Å². The number of rotatable bonds is 61. The van der Waals surface area contributed by atoms with E-state index in [-0.39, 0.29) is 31.3 Å². The van der Waals surface area contributed by atoms with Gasteiger partial charge in [0.15, 0.2) is 0 Å². The number of phosphoric acid groups is 1. The molecule has 0 aliphatic heterocycles. The van der Waals surface area contributed by atoms with Crippen LogP contribution in [-0.4, -0.2) is 69.4 Å². The van der Waals surface area contributed by atoms with Crippen molar-refractivity contribution in [1.82, 2.24) is 5.32 Å². The molecule has 1 N–H and O–H groups in total. The van der Waals surface area contributed by atoms with Crippen LogP contribution in [0.5, 0.6) is 0 Å². The zero-order valence-electron chi connectivity index (χ0n) is 56.0. The highest BCUT2D eigenvalue weighted by atomic mass is 31.2. The Morgan fingerprint density at radius 3 is 1.12 bits per heavy atom. The highest BCUT2D eigenvalue weighted by molar-refractivity contribution is 7.45. The van der Waals surface area contributed by atoms with E-state index in [1.807, 2.05) is 33.3 Å². The van der Waals surface area contributed by atoms with Crippen LogP contribution < -0.4 is 10.2 Å². The van der Waals surface area contributed by atoms with E-state index in [9.17, 15) is 19.0 Å². The van der Waals surface area contributed by atoms with Crippen molar-refractivity contribution in [1.29, 1.82) is 0 Å². The first kappa shape index (κ1) is 81.9. The highest BCUT2D eigenvalue weighted by Crippen LogP contribution is 2.38. The molecule has 9 nitrogen and oxygen atoms in total. The van der Waals surface area contributed by atoms with Crippen LogP contribution >= 0.6 is 7.82 Å². The van der Waals surface area contributed by atoms with Crippen molar-refractivity contribution in [2.45, 2.75) is 283 Å². The maximum atomic E-state index is 13.6. The SMILES string of the molecule is CC/C=C\C/C=C\C/C=C\C/C=C\C/C=C\C/C=C\CCCCCCC(=O)NC(COP(=O)([O-])OCC[N+](C)(C)C)C(/C=C/CCCCCCCCCCCC)OC(=O)CCCCCCCCCCC/C=C\C/C=C\C/C=C\C/C=C\C/C=C\CC. The summed E-state index contributed by atoms with van der Waals surface area (Å²) in [5.74, 6) is -0.585. The Labute approximate surface area is 529 Å². The Hall–Kier alpha value is -4.11. The summed E-state index contributed by atoms with van der Waals surface area (Å²) < 4.78 is 30.4. The first-order valence-electron chi connectivity index (χ1n) is 34.6. The smallest absolute Gasteiger partial charge is 0.306 e. The number of esters is 1. The first-order chi connectivity index (χ1) is 41.9. The van der Waals surface area contributed by atoms with E-state index in [2.05, 4.69) is 160 Å². The minimum atomic E-state index is -4.72. The molecule has 0 aromatic heterocycles. The molecule has 0 aliphatic carbocycles. The van der Waals surface area contributed by atoms with Crippen LogP contribution in [0.25, 0.3) is 0 Å². The molecule has 0 rings (SSSR count). The number of quaternary nitrogens is 1. The number of ether oxygens (including phenoxy) is 1. The van der Waals surface area contributed by atoms with Gasteiger partial charge >= 0.3 is 5.97 Å². The van der Waals surface area contributed by atoms with E-state index in [0.29, 0.717) is 23.9 Å². The quantitative estimate of drug-likeness (QED) is 0.0212. The fourth-order valence-electron chi connectivity index (χ4n) is 9.26. The average Bonchev–Trinajstić information content (AvgIpc) is 3.66. The second-order valence-electron chi connectivity index (χ2n) is 23.9. The lowest BCUT2D eigenvalue weighted by molar-refractivity contribution is -0.870. The van der Waals surface area contributed by atoms with Gasteiger partial charge in [0, 0.05) is 12.8 Å². The summed E-state index contributed by atoms with van der Waals surface area (Å²) in [4.78, 5) is 40.2. The second-order valence-corrected chi connectivity index (χ2v) is 25.3. The zero-order valence-corrected chi connectivity index (χ0v) is 56.9. The number of carbonyl (C=O) groups is 2. The fraction of sp³-hybridized carbons (Fsp3) is 0.658. The predicted molar refractivity (Wildman–Crippen MR) is 371 cm³/mol. The molecule has 0 saturated heterocycles. The molecule has 3 unspecified atom stereocenters. The Morgan fingerprint density at radius 2 is 0.744 bits per heavy atom. The van der Waals surface area contributed by atoms with Gasteiger partial charge in [0.1, 0.15) is 19.3 Å². The van der Waals surface area contributed by atoms with Crippen molar-refractivity contribution in [3.05, 3.63) is 146 Å². The molecule has 0 radical (unpaired) electrons. The molecular formula is C76H129N2O7P.